The van der Waals surface area contributed by atoms with E-state index < -0.39 is 34.4 Å². The van der Waals surface area contributed by atoms with E-state index >= 15 is 0 Å². The molecule has 5 rings (SSSR count). The number of para-hydroxylation sites is 1. The van der Waals surface area contributed by atoms with Gasteiger partial charge in [-0.1, -0.05) is 37.5 Å². The summed E-state index contributed by atoms with van der Waals surface area (Å²) >= 11 is 0. The Balaban J connectivity index is 1.59. The number of nitrogens with one attached hydrogen (secondary N) is 1. The van der Waals surface area contributed by atoms with Crippen LogP contribution in [0.1, 0.15) is 60.9 Å². The van der Waals surface area contributed by atoms with Crippen molar-refractivity contribution in [3.8, 4) is 5.75 Å². The summed E-state index contributed by atoms with van der Waals surface area (Å²) in [6.07, 6.45) is 4.92. The topological polar surface area (TPSA) is 72.5 Å². The van der Waals surface area contributed by atoms with E-state index in [9.17, 15) is 18.8 Å². The molecule has 6 heteroatoms. The zero-order valence-electron chi connectivity index (χ0n) is 17.3. The van der Waals surface area contributed by atoms with Gasteiger partial charge in [-0.3, -0.25) is 14.4 Å². The van der Waals surface area contributed by atoms with Crippen LogP contribution in [0.25, 0.3) is 0 Å². The van der Waals surface area contributed by atoms with Crippen molar-refractivity contribution in [1.29, 1.82) is 0 Å². The normalized spacial score (nSPS) is 29.4. The van der Waals surface area contributed by atoms with Crippen LogP contribution in [-0.2, 0) is 9.59 Å². The second-order valence-corrected chi connectivity index (χ2v) is 9.02. The molecule has 3 atom stereocenters. The van der Waals surface area contributed by atoms with Gasteiger partial charge in [0.2, 0.25) is 5.91 Å². The highest BCUT2D eigenvalue weighted by Gasteiger charge is 2.88. The quantitative estimate of drug-likeness (QED) is 0.348. The number of halogens is 1. The molecule has 1 heterocycles. The zero-order valence-corrected chi connectivity index (χ0v) is 17.3. The minimum Gasteiger partial charge on any atom is -0.425 e. The molecule has 2 aromatic carbocycles. The Labute approximate surface area is 180 Å². The maximum Gasteiger partial charge on any atom is 0.328 e. The fraction of sp³-hybridized carbons (Fsp3) is 0.400. The Morgan fingerprint density at radius 2 is 1.71 bits per heavy atom. The summed E-state index contributed by atoms with van der Waals surface area (Å²) in [6, 6.07) is 12.3. The maximum absolute atomic E-state index is 13.7. The Bertz CT molecular complexity index is 1080. The van der Waals surface area contributed by atoms with E-state index in [1.165, 1.54) is 24.3 Å². The molecular weight excluding hydrogens is 397 g/mol. The Morgan fingerprint density at radius 1 is 1.03 bits per heavy atom. The lowest BCUT2D eigenvalue weighted by Gasteiger charge is -2.28. The minimum absolute atomic E-state index is 0.00739. The molecule has 1 N–H and O–H groups in total. The Morgan fingerprint density at radius 3 is 2.42 bits per heavy atom. The van der Waals surface area contributed by atoms with Crippen LogP contribution < -0.4 is 10.1 Å². The second kappa shape index (κ2) is 7.01. The van der Waals surface area contributed by atoms with Crippen molar-refractivity contribution in [3.63, 3.8) is 0 Å². The van der Waals surface area contributed by atoms with Crippen LogP contribution in [0.15, 0.2) is 48.5 Å². The van der Waals surface area contributed by atoms with Gasteiger partial charge in [0.15, 0.2) is 11.2 Å². The first-order valence-electron chi connectivity index (χ1n) is 10.8. The third-order valence-corrected chi connectivity index (χ3v) is 7.38. The molecule has 1 amide bonds. The van der Waals surface area contributed by atoms with Crippen LogP contribution in [0.5, 0.6) is 5.75 Å². The number of ketones is 1. The summed E-state index contributed by atoms with van der Waals surface area (Å²) in [5, 5.41) is 3.05. The molecule has 1 aliphatic heterocycles. The van der Waals surface area contributed by atoms with Gasteiger partial charge < -0.3 is 10.1 Å². The number of esters is 1. The second-order valence-electron chi connectivity index (χ2n) is 9.02. The molecule has 2 fully saturated rings. The summed E-state index contributed by atoms with van der Waals surface area (Å²) in [7, 11) is 0. The number of fused-ring (bicyclic) bond motifs is 3. The van der Waals surface area contributed by atoms with E-state index in [1.54, 1.807) is 25.1 Å². The standard InChI is InChI=1S/C25H24FNO4/c1-24(21(28)15-11-13-16(26)14-12-15)20-18-9-5-6-10-19(18)31-23(30)25(20,24)22(29)27-17-7-3-2-4-8-17/h5-6,9-14,17,20H,2-4,7-8H2,1H3,(H,27,29)/t20-,24-,25+/m1/s1. The lowest BCUT2D eigenvalue weighted by molar-refractivity contribution is -0.149. The van der Waals surface area contributed by atoms with E-state index in [-0.39, 0.29) is 17.4 Å². The molecule has 3 aliphatic rings. The van der Waals surface area contributed by atoms with Crippen LogP contribution in [0.4, 0.5) is 4.39 Å². The highest BCUT2D eigenvalue weighted by atomic mass is 19.1. The number of carbonyl (C=O) groups is 3. The summed E-state index contributed by atoms with van der Waals surface area (Å²) in [6.45, 7) is 1.66. The summed E-state index contributed by atoms with van der Waals surface area (Å²) < 4.78 is 19.0. The molecular formula is C25H24FNO4. The average Bonchev–Trinajstić information content (AvgIpc) is 3.38. The molecule has 0 radical (unpaired) electrons. The number of carbonyl (C=O) groups excluding carboxylic acids is 3. The minimum atomic E-state index is -1.62. The number of hydrogen-bond donors (Lipinski definition) is 1. The van der Waals surface area contributed by atoms with Gasteiger partial charge in [-0.2, -0.15) is 0 Å². The van der Waals surface area contributed by atoms with Crippen molar-refractivity contribution >= 4 is 17.7 Å². The highest BCUT2D eigenvalue weighted by Crippen LogP contribution is 2.78. The first kappa shape index (κ1) is 19.9. The predicted octanol–water partition coefficient (Wildman–Crippen LogP) is 4.17. The number of amides is 1. The van der Waals surface area contributed by atoms with Crippen molar-refractivity contribution < 1.29 is 23.5 Å². The maximum atomic E-state index is 13.7. The van der Waals surface area contributed by atoms with E-state index in [0.717, 1.165) is 32.1 Å². The van der Waals surface area contributed by atoms with Crippen molar-refractivity contribution in [3.05, 3.63) is 65.5 Å². The molecule has 0 saturated heterocycles. The van der Waals surface area contributed by atoms with Crippen LogP contribution >= 0.6 is 0 Å². The van der Waals surface area contributed by atoms with Crippen LogP contribution in [0, 0.1) is 16.6 Å². The van der Waals surface area contributed by atoms with Crippen LogP contribution in [0.3, 0.4) is 0 Å². The van der Waals surface area contributed by atoms with Crippen molar-refractivity contribution in [2.75, 3.05) is 0 Å². The van der Waals surface area contributed by atoms with Crippen LogP contribution in [-0.4, -0.2) is 23.7 Å². The molecule has 160 valence electrons. The first-order chi connectivity index (χ1) is 14.9. The molecule has 0 unspecified atom stereocenters. The molecule has 2 aliphatic carbocycles. The third kappa shape index (κ3) is 2.70. The predicted molar refractivity (Wildman–Crippen MR) is 111 cm³/mol. The van der Waals surface area contributed by atoms with Crippen molar-refractivity contribution in [2.24, 2.45) is 10.8 Å². The Hall–Kier alpha value is -3.02. The largest absolute Gasteiger partial charge is 0.425 e. The third-order valence-electron chi connectivity index (χ3n) is 7.38. The smallest absolute Gasteiger partial charge is 0.328 e. The number of benzene rings is 2. The van der Waals surface area contributed by atoms with Gasteiger partial charge in [-0.15, -0.1) is 0 Å². The number of ether oxygens (including phenoxy) is 1. The summed E-state index contributed by atoms with van der Waals surface area (Å²) in [5.41, 5.74) is -1.98. The van der Waals surface area contributed by atoms with Gasteiger partial charge in [0, 0.05) is 23.1 Å². The number of hydrogen-bond acceptors (Lipinski definition) is 4. The Kier molecular flexibility index (Phi) is 4.50. The lowest BCUT2D eigenvalue weighted by Crippen LogP contribution is -2.49. The molecule has 5 nitrogen and oxygen atoms in total. The highest BCUT2D eigenvalue weighted by molar-refractivity contribution is 6.21. The average molecular weight is 421 g/mol. The van der Waals surface area contributed by atoms with Gasteiger partial charge in [-0.25, -0.2) is 4.39 Å². The summed E-state index contributed by atoms with van der Waals surface area (Å²) in [4.78, 5) is 40.6. The van der Waals surface area contributed by atoms with Gasteiger partial charge in [0.05, 0.1) is 5.41 Å². The van der Waals surface area contributed by atoms with E-state index in [2.05, 4.69) is 5.32 Å². The van der Waals surface area contributed by atoms with Gasteiger partial charge in [-0.05, 0) is 50.1 Å². The van der Waals surface area contributed by atoms with E-state index in [4.69, 9.17) is 4.74 Å². The monoisotopic (exact) mass is 421 g/mol. The summed E-state index contributed by atoms with van der Waals surface area (Å²) in [5.74, 6) is -2.19. The van der Waals surface area contributed by atoms with Gasteiger partial charge in [0.1, 0.15) is 11.6 Å². The molecule has 2 saturated carbocycles. The SMILES string of the molecule is C[C@]1(C(=O)c2ccc(F)cc2)[C@H]2c3ccccc3OC(=O)[C@@]21C(=O)NC1CCCCC1. The molecule has 0 bridgehead atoms. The zero-order chi connectivity index (χ0) is 21.8. The van der Waals surface area contributed by atoms with Crippen molar-refractivity contribution in [1.82, 2.24) is 5.32 Å². The van der Waals surface area contributed by atoms with Gasteiger partial charge >= 0.3 is 5.97 Å². The number of Topliss-reactive ketones (excluding diaryl/α,β-unsaturated/α-hetero) is 1. The molecule has 2 aromatic rings. The molecule has 0 aromatic heterocycles. The van der Waals surface area contributed by atoms with E-state index in [1.807, 2.05) is 6.07 Å². The van der Waals surface area contributed by atoms with Crippen LogP contribution in [0.2, 0.25) is 0 Å². The fourth-order valence-corrected chi connectivity index (χ4v) is 5.70. The lowest BCUT2D eigenvalue weighted by atomic mass is 9.85. The number of rotatable bonds is 4. The fourth-order valence-electron chi connectivity index (χ4n) is 5.70. The molecule has 0 spiro atoms. The van der Waals surface area contributed by atoms with E-state index in [0.29, 0.717) is 11.3 Å². The first-order valence-corrected chi connectivity index (χ1v) is 10.8. The van der Waals surface area contributed by atoms with Gasteiger partial charge in [0.25, 0.3) is 0 Å². The molecule has 31 heavy (non-hydrogen) atoms. The van der Waals surface area contributed by atoms with Crippen molar-refractivity contribution in [2.45, 2.75) is 51.0 Å².